The van der Waals surface area contributed by atoms with E-state index in [1.54, 1.807) is 0 Å². The minimum atomic E-state index is 0.511. The van der Waals surface area contributed by atoms with E-state index >= 15 is 0 Å². The Balaban J connectivity index is 1.73. The van der Waals surface area contributed by atoms with Gasteiger partial charge >= 0.3 is 0 Å². The standard InChI is InChI=1S/C17H21NS2/c1-3-13-6-4-5-7-14(13)11-18-16-10-12(2)20-17-15(16)8-9-19-17/h4-9,12,16,18H,3,10-11H2,1-2H3/t12-,16?/m0/s1. The molecule has 0 saturated carbocycles. The second-order valence-electron chi connectivity index (χ2n) is 5.38. The van der Waals surface area contributed by atoms with E-state index in [0.29, 0.717) is 11.3 Å². The third-order valence-electron chi connectivity index (χ3n) is 3.95. The third-order valence-corrected chi connectivity index (χ3v) is 6.29. The number of rotatable bonds is 4. The number of hydrogen-bond donors (Lipinski definition) is 1. The highest BCUT2D eigenvalue weighted by Gasteiger charge is 2.25. The van der Waals surface area contributed by atoms with E-state index in [2.05, 4.69) is 54.9 Å². The highest BCUT2D eigenvalue weighted by atomic mass is 32.2. The van der Waals surface area contributed by atoms with Crippen LogP contribution in [0.15, 0.2) is 39.9 Å². The normalized spacial score (nSPS) is 21.7. The van der Waals surface area contributed by atoms with E-state index in [0.717, 1.165) is 13.0 Å². The monoisotopic (exact) mass is 303 g/mol. The number of nitrogens with one attached hydrogen (secondary N) is 1. The minimum Gasteiger partial charge on any atom is -0.306 e. The largest absolute Gasteiger partial charge is 0.306 e. The van der Waals surface area contributed by atoms with Gasteiger partial charge in [-0.25, -0.2) is 0 Å². The summed E-state index contributed by atoms with van der Waals surface area (Å²) in [5, 5.41) is 6.71. The van der Waals surface area contributed by atoms with Crippen LogP contribution in [0.1, 0.15) is 43.0 Å². The molecule has 0 radical (unpaired) electrons. The Bertz CT molecular complexity index is 576. The van der Waals surface area contributed by atoms with Gasteiger partial charge in [-0.3, -0.25) is 0 Å². The number of hydrogen-bond acceptors (Lipinski definition) is 3. The molecule has 0 spiro atoms. The van der Waals surface area contributed by atoms with Crippen molar-refractivity contribution >= 4 is 23.1 Å². The molecule has 20 heavy (non-hydrogen) atoms. The van der Waals surface area contributed by atoms with Gasteiger partial charge in [0, 0.05) is 17.8 Å². The van der Waals surface area contributed by atoms with E-state index < -0.39 is 0 Å². The number of thioether (sulfide) groups is 1. The number of aryl methyl sites for hydroxylation is 1. The van der Waals surface area contributed by atoms with Crippen LogP contribution in [0, 0.1) is 0 Å². The molecular weight excluding hydrogens is 282 g/mol. The van der Waals surface area contributed by atoms with Gasteiger partial charge in [0.05, 0.1) is 4.21 Å². The molecule has 1 N–H and O–H groups in total. The third kappa shape index (κ3) is 2.95. The zero-order chi connectivity index (χ0) is 13.9. The number of thiophene rings is 1. The zero-order valence-electron chi connectivity index (χ0n) is 12.1. The van der Waals surface area contributed by atoms with Crippen molar-refractivity contribution in [2.75, 3.05) is 0 Å². The molecule has 0 fully saturated rings. The summed E-state index contributed by atoms with van der Waals surface area (Å²) in [6.45, 7) is 5.54. The van der Waals surface area contributed by atoms with Gasteiger partial charge < -0.3 is 5.32 Å². The lowest BCUT2D eigenvalue weighted by molar-refractivity contribution is 0.487. The quantitative estimate of drug-likeness (QED) is 0.850. The highest BCUT2D eigenvalue weighted by Crippen LogP contribution is 2.43. The lowest BCUT2D eigenvalue weighted by atomic mass is 10.0. The van der Waals surface area contributed by atoms with Crippen LogP contribution in [-0.4, -0.2) is 5.25 Å². The summed E-state index contributed by atoms with van der Waals surface area (Å²) in [5.74, 6) is 0. The molecule has 106 valence electrons. The van der Waals surface area contributed by atoms with Gasteiger partial charge in [-0.05, 0) is 41.0 Å². The highest BCUT2D eigenvalue weighted by molar-refractivity contribution is 8.01. The topological polar surface area (TPSA) is 12.0 Å². The average molecular weight is 303 g/mol. The van der Waals surface area contributed by atoms with Crippen molar-refractivity contribution in [2.24, 2.45) is 0 Å². The Morgan fingerprint density at radius 3 is 2.80 bits per heavy atom. The van der Waals surface area contributed by atoms with E-state index in [1.807, 2.05) is 23.1 Å². The number of benzene rings is 1. The second-order valence-corrected chi connectivity index (χ2v) is 8.01. The van der Waals surface area contributed by atoms with Gasteiger partial charge in [0.25, 0.3) is 0 Å². The maximum atomic E-state index is 3.78. The van der Waals surface area contributed by atoms with Crippen molar-refractivity contribution < 1.29 is 0 Å². The molecule has 1 aromatic heterocycles. The van der Waals surface area contributed by atoms with Gasteiger partial charge in [-0.2, -0.15) is 0 Å². The molecule has 0 amide bonds. The first-order valence-electron chi connectivity index (χ1n) is 7.32. The van der Waals surface area contributed by atoms with Crippen molar-refractivity contribution in [3.05, 3.63) is 52.4 Å². The fourth-order valence-electron chi connectivity index (χ4n) is 2.85. The second kappa shape index (κ2) is 6.33. The van der Waals surface area contributed by atoms with Crippen LogP contribution in [0.2, 0.25) is 0 Å². The van der Waals surface area contributed by atoms with E-state index in [1.165, 1.54) is 27.3 Å². The molecule has 1 nitrogen and oxygen atoms in total. The predicted octanol–water partition coefficient (Wildman–Crippen LogP) is 5.03. The first-order chi connectivity index (χ1) is 9.78. The maximum Gasteiger partial charge on any atom is 0.0649 e. The zero-order valence-corrected chi connectivity index (χ0v) is 13.7. The SMILES string of the molecule is CCc1ccccc1CNC1C[C@H](C)Sc2sccc21. The Morgan fingerprint density at radius 1 is 1.20 bits per heavy atom. The van der Waals surface area contributed by atoms with Crippen LogP contribution in [0.5, 0.6) is 0 Å². The minimum absolute atomic E-state index is 0.511. The van der Waals surface area contributed by atoms with Crippen LogP contribution in [0.3, 0.4) is 0 Å². The summed E-state index contributed by atoms with van der Waals surface area (Å²) < 4.78 is 1.50. The van der Waals surface area contributed by atoms with Crippen molar-refractivity contribution in [3.63, 3.8) is 0 Å². The predicted molar refractivity (Wildman–Crippen MR) is 89.7 cm³/mol. The average Bonchev–Trinajstić information content (AvgIpc) is 2.93. The summed E-state index contributed by atoms with van der Waals surface area (Å²) in [4.78, 5) is 0. The van der Waals surface area contributed by atoms with Crippen molar-refractivity contribution in [1.82, 2.24) is 5.32 Å². The lowest BCUT2D eigenvalue weighted by Crippen LogP contribution is -2.26. The first-order valence-corrected chi connectivity index (χ1v) is 9.08. The van der Waals surface area contributed by atoms with Crippen molar-refractivity contribution in [2.45, 2.75) is 48.7 Å². The van der Waals surface area contributed by atoms with E-state index in [9.17, 15) is 0 Å². The molecule has 0 aliphatic carbocycles. The summed E-state index contributed by atoms with van der Waals surface area (Å²) in [7, 11) is 0. The van der Waals surface area contributed by atoms with Crippen molar-refractivity contribution in [3.8, 4) is 0 Å². The molecule has 0 saturated heterocycles. The van der Waals surface area contributed by atoms with Gasteiger partial charge in [-0.15, -0.1) is 23.1 Å². The summed E-state index contributed by atoms with van der Waals surface area (Å²) in [5.41, 5.74) is 4.41. The van der Waals surface area contributed by atoms with E-state index in [-0.39, 0.29) is 0 Å². The molecule has 2 heterocycles. The van der Waals surface area contributed by atoms with Gasteiger partial charge in [0.1, 0.15) is 0 Å². The van der Waals surface area contributed by atoms with Crippen LogP contribution >= 0.6 is 23.1 Å². The smallest absolute Gasteiger partial charge is 0.0649 e. The Labute approximate surface area is 129 Å². The maximum absolute atomic E-state index is 3.78. The molecule has 2 atom stereocenters. The molecular formula is C17H21NS2. The molecule has 3 rings (SSSR count). The summed E-state index contributed by atoms with van der Waals surface area (Å²) >= 11 is 3.92. The molecule has 2 aromatic rings. The van der Waals surface area contributed by atoms with Gasteiger partial charge in [0.15, 0.2) is 0 Å². The van der Waals surface area contributed by atoms with Gasteiger partial charge in [-0.1, -0.05) is 38.1 Å². The van der Waals surface area contributed by atoms with Crippen molar-refractivity contribution in [1.29, 1.82) is 0 Å². The van der Waals surface area contributed by atoms with Crippen LogP contribution in [-0.2, 0) is 13.0 Å². The fraction of sp³-hybridized carbons (Fsp3) is 0.412. The Hall–Kier alpha value is -0.770. The molecule has 0 bridgehead atoms. The van der Waals surface area contributed by atoms with Crippen LogP contribution in [0.25, 0.3) is 0 Å². The molecule has 1 aliphatic rings. The summed E-state index contributed by atoms with van der Waals surface area (Å²) in [6, 6.07) is 11.6. The molecule has 1 aliphatic heterocycles. The van der Waals surface area contributed by atoms with E-state index in [4.69, 9.17) is 0 Å². The molecule has 1 unspecified atom stereocenters. The first kappa shape index (κ1) is 14.2. The fourth-order valence-corrected chi connectivity index (χ4v) is 5.42. The number of fused-ring (bicyclic) bond motifs is 1. The molecule has 3 heteroatoms. The van der Waals surface area contributed by atoms with Crippen LogP contribution in [0.4, 0.5) is 0 Å². The Morgan fingerprint density at radius 2 is 2.00 bits per heavy atom. The summed E-state index contributed by atoms with van der Waals surface area (Å²) in [6.07, 6.45) is 2.33. The Kier molecular flexibility index (Phi) is 4.49. The van der Waals surface area contributed by atoms with Gasteiger partial charge in [0.2, 0.25) is 0 Å². The van der Waals surface area contributed by atoms with Crippen LogP contribution < -0.4 is 5.32 Å². The lowest BCUT2D eigenvalue weighted by Gasteiger charge is -2.28. The molecule has 1 aromatic carbocycles.